The van der Waals surface area contributed by atoms with Crippen molar-refractivity contribution in [1.82, 2.24) is 10.0 Å². The Morgan fingerprint density at radius 1 is 1.17 bits per heavy atom. The minimum Gasteiger partial charge on any atom is -0.454 e. The van der Waals surface area contributed by atoms with E-state index in [1.54, 1.807) is 0 Å². The molecule has 1 amide bonds. The molecule has 0 saturated carbocycles. The van der Waals surface area contributed by atoms with Crippen LogP contribution in [0.2, 0.25) is 0 Å². The lowest BCUT2D eigenvalue weighted by atomic mass is 9.88. The number of aryl methyl sites for hydroxylation is 1. The number of ether oxygens (including phenoxy) is 1. The molecule has 2 aromatic carbocycles. The second kappa shape index (κ2) is 9.36. The zero-order valence-electron chi connectivity index (χ0n) is 16.4. The van der Waals surface area contributed by atoms with E-state index in [0.29, 0.717) is 0 Å². The van der Waals surface area contributed by atoms with E-state index in [1.807, 2.05) is 24.3 Å². The Bertz CT molecular complexity index is 1040. The number of esters is 1. The second-order valence-corrected chi connectivity index (χ2v) is 8.77. The van der Waals surface area contributed by atoms with Crippen LogP contribution < -0.4 is 10.0 Å². The van der Waals surface area contributed by atoms with E-state index in [9.17, 15) is 22.4 Å². The number of hydrogen-bond donors (Lipinski definition) is 2. The molecule has 0 aromatic heterocycles. The number of amides is 1. The van der Waals surface area contributed by atoms with E-state index in [0.717, 1.165) is 37.0 Å². The fourth-order valence-electron chi connectivity index (χ4n) is 3.41. The lowest BCUT2D eigenvalue weighted by Crippen LogP contribution is -2.41. The highest BCUT2D eigenvalue weighted by Gasteiger charge is 2.26. The summed E-state index contributed by atoms with van der Waals surface area (Å²) in [6, 6.07) is 11.2. The van der Waals surface area contributed by atoms with Crippen LogP contribution in [-0.4, -0.2) is 32.9 Å². The first-order valence-corrected chi connectivity index (χ1v) is 11.1. The van der Waals surface area contributed by atoms with Gasteiger partial charge in [-0.2, -0.15) is 4.72 Å². The highest BCUT2D eigenvalue weighted by Crippen LogP contribution is 2.29. The van der Waals surface area contributed by atoms with Crippen LogP contribution in [0.15, 0.2) is 53.4 Å². The molecule has 0 saturated heterocycles. The van der Waals surface area contributed by atoms with Gasteiger partial charge in [0.05, 0.1) is 6.04 Å². The van der Waals surface area contributed by atoms with Gasteiger partial charge in [0.15, 0.2) is 6.61 Å². The first-order chi connectivity index (χ1) is 14.3. The van der Waals surface area contributed by atoms with Gasteiger partial charge in [-0.05, 0) is 49.4 Å². The Labute approximate surface area is 174 Å². The fraction of sp³-hybridized carbons (Fsp3) is 0.333. The molecule has 1 aliphatic carbocycles. The molecule has 0 bridgehead atoms. The minimum absolute atomic E-state index is 0.155. The van der Waals surface area contributed by atoms with Crippen molar-refractivity contribution in [3.8, 4) is 0 Å². The van der Waals surface area contributed by atoms with E-state index in [-0.39, 0.29) is 6.04 Å². The van der Waals surface area contributed by atoms with Gasteiger partial charge in [0.2, 0.25) is 10.0 Å². The summed E-state index contributed by atoms with van der Waals surface area (Å²) in [5.41, 5.74) is 2.23. The van der Waals surface area contributed by atoms with E-state index < -0.39 is 45.3 Å². The third-order valence-electron chi connectivity index (χ3n) is 4.86. The van der Waals surface area contributed by atoms with Crippen molar-refractivity contribution >= 4 is 21.9 Å². The minimum atomic E-state index is -4.26. The van der Waals surface area contributed by atoms with E-state index in [2.05, 4.69) is 10.0 Å². The van der Waals surface area contributed by atoms with Crippen LogP contribution in [0.3, 0.4) is 0 Å². The third-order valence-corrected chi connectivity index (χ3v) is 6.44. The second-order valence-electron chi connectivity index (χ2n) is 7.09. The summed E-state index contributed by atoms with van der Waals surface area (Å²) in [6.07, 6.45) is 2.68. The van der Waals surface area contributed by atoms with Crippen LogP contribution in [0.4, 0.5) is 4.39 Å². The highest BCUT2D eigenvalue weighted by atomic mass is 32.2. The maximum atomic E-state index is 13.7. The topological polar surface area (TPSA) is 102 Å². The maximum absolute atomic E-state index is 13.7. The quantitative estimate of drug-likeness (QED) is 0.651. The first-order valence-electron chi connectivity index (χ1n) is 9.58. The average molecular weight is 434 g/mol. The largest absolute Gasteiger partial charge is 0.454 e. The van der Waals surface area contributed by atoms with Gasteiger partial charge in [-0.3, -0.25) is 9.59 Å². The van der Waals surface area contributed by atoms with E-state index in [4.69, 9.17) is 4.74 Å². The Morgan fingerprint density at radius 2 is 1.87 bits per heavy atom. The number of fused-ring (bicyclic) bond motifs is 1. The van der Waals surface area contributed by atoms with Gasteiger partial charge >= 0.3 is 5.97 Å². The number of carbonyl (C=O) groups is 2. The number of carbonyl (C=O) groups excluding carboxylic acids is 2. The standard InChI is InChI=1S/C21H23FN2O5S/c1-14(24-30(27,28)19-12-5-4-10-17(19)22)21(26)29-13-20(25)23-18-11-6-8-15-7-2-3-9-16(15)18/h2-5,7,9-10,12,14,18,24H,6,8,11,13H2,1H3,(H,23,25)/t14-,18-/m0/s1. The van der Waals surface area contributed by atoms with Gasteiger partial charge in [-0.1, -0.05) is 36.4 Å². The number of benzene rings is 2. The Hall–Kier alpha value is -2.78. The first kappa shape index (κ1) is 21.9. The Kier molecular flexibility index (Phi) is 6.84. The lowest BCUT2D eigenvalue weighted by molar-refractivity contribution is -0.150. The molecule has 1 aliphatic rings. The predicted octanol–water partition coefficient (Wildman–Crippen LogP) is 2.23. The van der Waals surface area contributed by atoms with Crippen LogP contribution in [-0.2, 0) is 30.8 Å². The van der Waals surface area contributed by atoms with E-state index in [1.165, 1.54) is 24.6 Å². The molecule has 160 valence electrons. The van der Waals surface area contributed by atoms with Crippen molar-refractivity contribution in [3.05, 3.63) is 65.5 Å². The maximum Gasteiger partial charge on any atom is 0.324 e. The summed E-state index contributed by atoms with van der Waals surface area (Å²) in [6.45, 7) is 0.722. The summed E-state index contributed by atoms with van der Waals surface area (Å²) in [5, 5.41) is 2.85. The molecule has 3 rings (SSSR count). The number of sulfonamides is 1. The molecule has 2 aromatic rings. The van der Waals surface area contributed by atoms with Crippen molar-refractivity contribution in [2.75, 3.05) is 6.61 Å². The summed E-state index contributed by atoms with van der Waals surface area (Å²) in [4.78, 5) is 23.8. The fourth-order valence-corrected chi connectivity index (χ4v) is 4.68. The smallest absolute Gasteiger partial charge is 0.324 e. The monoisotopic (exact) mass is 434 g/mol. The summed E-state index contributed by atoms with van der Waals surface area (Å²) in [7, 11) is -4.26. The molecule has 0 unspecified atom stereocenters. The molecule has 2 atom stereocenters. The van der Waals surface area contributed by atoms with Gasteiger partial charge in [-0.25, -0.2) is 12.8 Å². The summed E-state index contributed by atoms with van der Waals surface area (Å²) >= 11 is 0. The molecular weight excluding hydrogens is 411 g/mol. The number of halogens is 1. The molecule has 2 N–H and O–H groups in total. The zero-order valence-corrected chi connectivity index (χ0v) is 17.2. The van der Waals surface area contributed by atoms with Gasteiger partial charge in [-0.15, -0.1) is 0 Å². The van der Waals surface area contributed by atoms with Crippen molar-refractivity contribution in [2.45, 2.75) is 43.2 Å². The third kappa shape index (κ3) is 5.22. The molecular formula is C21H23FN2O5S. The molecule has 0 heterocycles. The lowest BCUT2D eigenvalue weighted by Gasteiger charge is -2.26. The van der Waals surface area contributed by atoms with Gasteiger partial charge in [0.25, 0.3) is 5.91 Å². The van der Waals surface area contributed by atoms with Crippen molar-refractivity contribution in [1.29, 1.82) is 0 Å². The SMILES string of the molecule is C[C@H](NS(=O)(=O)c1ccccc1F)C(=O)OCC(=O)N[C@H]1CCCc2ccccc21. The van der Waals surface area contributed by atoms with Crippen molar-refractivity contribution < 1.29 is 27.1 Å². The van der Waals surface area contributed by atoms with Crippen molar-refractivity contribution in [2.24, 2.45) is 0 Å². The molecule has 0 aliphatic heterocycles. The molecule has 0 spiro atoms. The predicted molar refractivity (Wildman–Crippen MR) is 107 cm³/mol. The Morgan fingerprint density at radius 3 is 2.63 bits per heavy atom. The van der Waals surface area contributed by atoms with Crippen LogP contribution in [0, 0.1) is 5.82 Å². The summed E-state index contributed by atoms with van der Waals surface area (Å²) < 4.78 is 45.2. The van der Waals surface area contributed by atoms with Crippen molar-refractivity contribution in [3.63, 3.8) is 0 Å². The highest BCUT2D eigenvalue weighted by molar-refractivity contribution is 7.89. The van der Waals surface area contributed by atoms with Crippen LogP contribution >= 0.6 is 0 Å². The normalized spacial score (nSPS) is 16.9. The van der Waals surface area contributed by atoms with Crippen LogP contribution in [0.5, 0.6) is 0 Å². The summed E-state index contributed by atoms with van der Waals surface area (Å²) in [5.74, 6) is -2.35. The average Bonchev–Trinajstić information content (AvgIpc) is 2.72. The Balaban J connectivity index is 1.53. The number of hydrogen-bond acceptors (Lipinski definition) is 5. The van der Waals surface area contributed by atoms with Crippen LogP contribution in [0.25, 0.3) is 0 Å². The number of nitrogens with one attached hydrogen (secondary N) is 2. The van der Waals surface area contributed by atoms with E-state index >= 15 is 0 Å². The molecule has 0 fully saturated rings. The van der Waals surface area contributed by atoms with Gasteiger partial charge in [0, 0.05) is 0 Å². The molecule has 9 heteroatoms. The molecule has 0 radical (unpaired) electrons. The van der Waals surface area contributed by atoms with Gasteiger partial charge in [0.1, 0.15) is 16.8 Å². The molecule has 7 nitrogen and oxygen atoms in total. The molecule has 30 heavy (non-hydrogen) atoms. The number of rotatable bonds is 7. The van der Waals surface area contributed by atoms with Crippen LogP contribution in [0.1, 0.15) is 36.9 Å². The van der Waals surface area contributed by atoms with Gasteiger partial charge < -0.3 is 10.1 Å². The zero-order chi connectivity index (χ0) is 21.7.